The van der Waals surface area contributed by atoms with Gasteiger partial charge >= 0.3 is 0 Å². The van der Waals surface area contributed by atoms with Gasteiger partial charge in [0.2, 0.25) is 5.91 Å². The Morgan fingerprint density at radius 1 is 1.29 bits per heavy atom. The quantitative estimate of drug-likeness (QED) is 0.770. The van der Waals surface area contributed by atoms with Gasteiger partial charge in [0.05, 0.1) is 12.4 Å². The minimum absolute atomic E-state index is 0.0792. The fourth-order valence-corrected chi connectivity index (χ4v) is 3.19. The minimum atomic E-state index is -0.215. The largest absolute Gasteiger partial charge is 0.393 e. The Balaban J connectivity index is 1.50. The molecule has 0 radical (unpaired) electrons. The number of rotatable bonds is 8. The number of aromatic nitrogens is 3. The average molecular weight is 328 g/mol. The minimum Gasteiger partial charge on any atom is -0.393 e. The van der Waals surface area contributed by atoms with Crippen LogP contribution in [0.3, 0.4) is 0 Å². The first kappa shape index (κ1) is 16.6. The van der Waals surface area contributed by atoms with Crippen LogP contribution in [-0.2, 0) is 17.8 Å². The number of carbonyl (C=O) groups is 1. The molecule has 1 aliphatic rings. The normalized spacial score (nSPS) is 21.0. The number of carbonyl (C=O) groups excluding carboxylic acids is 1. The lowest BCUT2D eigenvalue weighted by Crippen LogP contribution is -2.48. The zero-order chi connectivity index (χ0) is 16.8. The second kappa shape index (κ2) is 8.06. The predicted octanol–water partition coefficient (Wildman–Crippen LogP) is 1.56. The van der Waals surface area contributed by atoms with Crippen molar-refractivity contribution in [1.82, 2.24) is 19.9 Å². The molecule has 6 nitrogen and oxygen atoms in total. The molecule has 1 amide bonds. The van der Waals surface area contributed by atoms with Crippen molar-refractivity contribution >= 4 is 5.91 Å². The van der Waals surface area contributed by atoms with Crippen molar-refractivity contribution in [2.24, 2.45) is 5.92 Å². The Kier molecular flexibility index (Phi) is 5.59. The van der Waals surface area contributed by atoms with Gasteiger partial charge in [-0.25, -0.2) is 4.98 Å². The Bertz CT molecular complexity index is 624. The van der Waals surface area contributed by atoms with E-state index in [2.05, 4.69) is 15.3 Å². The predicted molar refractivity (Wildman–Crippen MR) is 90.1 cm³/mol. The van der Waals surface area contributed by atoms with Gasteiger partial charge in [-0.2, -0.15) is 0 Å². The molecule has 1 unspecified atom stereocenters. The first-order chi connectivity index (χ1) is 11.7. The summed E-state index contributed by atoms with van der Waals surface area (Å²) in [5.41, 5.74) is 1.16. The zero-order valence-corrected chi connectivity index (χ0v) is 13.7. The van der Waals surface area contributed by atoms with Crippen molar-refractivity contribution in [3.63, 3.8) is 0 Å². The van der Waals surface area contributed by atoms with E-state index in [-0.39, 0.29) is 18.1 Å². The third kappa shape index (κ3) is 4.64. The van der Waals surface area contributed by atoms with Crippen molar-refractivity contribution in [2.75, 3.05) is 0 Å². The molecule has 2 aromatic heterocycles. The second-order valence-corrected chi connectivity index (χ2v) is 6.52. The molecule has 1 saturated carbocycles. The van der Waals surface area contributed by atoms with Gasteiger partial charge in [-0.15, -0.1) is 0 Å². The Morgan fingerprint density at radius 3 is 2.75 bits per heavy atom. The maximum Gasteiger partial charge on any atom is 0.220 e. The van der Waals surface area contributed by atoms with Crippen LogP contribution in [0.5, 0.6) is 0 Å². The molecule has 1 atom stereocenters. The van der Waals surface area contributed by atoms with Gasteiger partial charge in [0, 0.05) is 43.8 Å². The van der Waals surface area contributed by atoms with Crippen LogP contribution in [0.15, 0.2) is 43.2 Å². The van der Waals surface area contributed by atoms with Gasteiger partial charge in [-0.05, 0) is 49.3 Å². The summed E-state index contributed by atoms with van der Waals surface area (Å²) < 4.78 is 1.98. The average Bonchev–Trinajstić information content (AvgIpc) is 3.06. The molecule has 6 heteroatoms. The summed E-state index contributed by atoms with van der Waals surface area (Å²) >= 11 is 0. The van der Waals surface area contributed by atoms with Gasteiger partial charge in [0.25, 0.3) is 0 Å². The van der Waals surface area contributed by atoms with Crippen LogP contribution in [0.2, 0.25) is 0 Å². The third-order valence-electron chi connectivity index (χ3n) is 4.65. The van der Waals surface area contributed by atoms with E-state index in [1.54, 1.807) is 24.9 Å². The van der Waals surface area contributed by atoms with Crippen LogP contribution in [-0.4, -0.2) is 37.7 Å². The molecule has 0 aromatic carbocycles. The lowest BCUT2D eigenvalue weighted by molar-refractivity contribution is -0.123. The molecule has 2 heterocycles. The molecular formula is C18H24N4O2. The molecule has 0 saturated heterocycles. The molecule has 2 N–H and O–H groups in total. The Hall–Kier alpha value is -2.21. The standard InChI is InChI=1S/C18H24N4O2/c23-16-11-15(12-16)17(10-14-3-5-19-6-4-14)21-18(24)2-1-8-22-9-7-20-13-22/h3-7,9,13,15-17,23H,1-2,8,10-12H2,(H,21,24). The fourth-order valence-electron chi connectivity index (χ4n) is 3.19. The van der Waals surface area contributed by atoms with Crippen molar-refractivity contribution in [1.29, 1.82) is 0 Å². The number of amides is 1. The topological polar surface area (TPSA) is 80.0 Å². The summed E-state index contributed by atoms with van der Waals surface area (Å²) in [7, 11) is 0. The van der Waals surface area contributed by atoms with Crippen LogP contribution in [0.1, 0.15) is 31.2 Å². The highest BCUT2D eigenvalue weighted by molar-refractivity contribution is 5.76. The SMILES string of the molecule is O=C(CCCn1ccnc1)NC(Cc1ccncc1)C1CC(O)C1. The van der Waals surface area contributed by atoms with Gasteiger partial charge in [0.1, 0.15) is 0 Å². The van der Waals surface area contributed by atoms with Crippen molar-refractivity contribution in [3.8, 4) is 0 Å². The molecule has 0 spiro atoms. The molecule has 24 heavy (non-hydrogen) atoms. The van der Waals surface area contributed by atoms with Crippen molar-refractivity contribution in [3.05, 3.63) is 48.8 Å². The highest BCUT2D eigenvalue weighted by Crippen LogP contribution is 2.31. The molecular weight excluding hydrogens is 304 g/mol. The molecule has 1 fully saturated rings. The summed E-state index contributed by atoms with van der Waals surface area (Å²) in [6.45, 7) is 0.796. The maximum absolute atomic E-state index is 12.3. The highest BCUT2D eigenvalue weighted by atomic mass is 16.3. The first-order valence-corrected chi connectivity index (χ1v) is 8.53. The number of aliphatic hydroxyl groups excluding tert-OH is 1. The molecule has 2 aromatic rings. The zero-order valence-electron chi connectivity index (χ0n) is 13.7. The summed E-state index contributed by atoms with van der Waals surface area (Å²) in [5.74, 6) is 0.432. The van der Waals surface area contributed by atoms with E-state index in [9.17, 15) is 9.90 Å². The smallest absolute Gasteiger partial charge is 0.220 e. The van der Waals surface area contributed by atoms with Crippen LogP contribution >= 0.6 is 0 Å². The van der Waals surface area contributed by atoms with E-state index in [4.69, 9.17) is 0 Å². The van der Waals surface area contributed by atoms with Gasteiger partial charge in [-0.3, -0.25) is 9.78 Å². The van der Waals surface area contributed by atoms with E-state index in [0.717, 1.165) is 37.8 Å². The second-order valence-electron chi connectivity index (χ2n) is 6.52. The van der Waals surface area contributed by atoms with E-state index in [1.807, 2.05) is 22.9 Å². The van der Waals surface area contributed by atoms with E-state index < -0.39 is 0 Å². The monoisotopic (exact) mass is 328 g/mol. The van der Waals surface area contributed by atoms with Crippen LogP contribution in [0.4, 0.5) is 0 Å². The van der Waals surface area contributed by atoms with Gasteiger partial charge in [0.15, 0.2) is 0 Å². The number of imidazole rings is 1. The Morgan fingerprint density at radius 2 is 2.08 bits per heavy atom. The summed E-state index contributed by atoms with van der Waals surface area (Å²) in [6, 6.07) is 4.04. The lowest BCUT2D eigenvalue weighted by Gasteiger charge is -2.38. The van der Waals surface area contributed by atoms with E-state index in [1.165, 1.54) is 0 Å². The summed E-state index contributed by atoms with van der Waals surface area (Å²) in [4.78, 5) is 20.3. The lowest BCUT2D eigenvalue weighted by atomic mass is 9.75. The molecule has 0 bridgehead atoms. The molecule has 3 rings (SSSR count). The number of nitrogens with zero attached hydrogens (tertiary/aromatic N) is 3. The first-order valence-electron chi connectivity index (χ1n) is 8.53. The molecule has 128 valence electrons. The van der Waals surface area contributed by atoms with Crippen molar-refractivity contribution < 1.29 is 9.90 Å². The maximum atomic E-state index is 12.3. The fraction of sp³-hybridized carbons (Fsp3) is 0.500. The molecule has 0 aliphatic heterocycles. The van der Waals surface area contributed by atoms with Gasteiger partial charge in [-0.1, -0.05) is 0 Å². The van der Waals surface area contributed by atoms with Crippen LogP contribution < -0.4 is 5.32 Å². The van der Waals surface area contributed by atoms with Crippen LogP contribution in [0.25, 0.3) is 0 Å². The number of hydrogen-bond acceptors (Lipinski definition) is 4. The number of aliphatic hydroxyl groups is 1. The van der Waals surface area contributed by atoms with Crippen LogP contribution in [0, 0.1) is 5.92 Å². The number of aryl methyl sites for hydroxylation is 1. The third-order valence-corrected chi connectivity index (χ3v) is 4.65. The number of nitrogens with one attached hydrogen (secondary N) is 1. The highest BCUT2D eigenvalue weighted by Gasteiger charge is 2.34. The van der Waals surface area contributed by atoms with E-state index >= 15 is 0 Å². The van der Waals surface area contributed by atoms with Gasteiger partial charge < -0.3 is 15.0 Å². The Labute approximate surface area is 141 Å². The van der Waals surface area contributed by atoms with E-state index in [0.29, 0.717) is 12.3 Å². The summed E-state index contributed by atoms with van der Waals surface area (Å²) in [6.07, 6.45) is 12.4. The number of hydrogen-bond donors (Lipinski definition) is 2. The summed E-state index contributed by atoms with van der Waals surface area (Å²) in [5, 5.41) is 12.8. The number of pyridine rings is 1. The molecule has 1 aliphatic carbocycles. The van der Waals surface area contributed by atoms with Crippen molar-refractivity contribution in [2.45, 2.75) is 50.8 Å².